The van der Waals surface area contributed by atoms with E-state index in [-0.39, 0.29) is 5.82 Å². The smallest absolute Gasteiger partial charge is 0.123 e. The summed E-state index contributed by atoms with van der Waals surface area (Å²) >= 11 is 0. The molecule has 2 atom stereocenters. The molecule has 2 rings (SSSR count). The molecule has 21 heavy (non-hydrogen) atoms. The van der Waals surface area contributed by atoms with Crippen molar-refractivity contribution in [3.05, 3.63) is 35.6 Å². The topological polar surface area (TPSA) is 26.7 Å². The third-order valence-electron chi connectivity index (χ3n) is 4.57. The molecule has 1 saturated heterocycles. The van der Waals surface area contributed by atoms with Crippen molar-refractivity contribution in [1.29, 1.82) is 0 Å². The maximum absolute atomic E-state index is 13.1. The predicted molar refractivity (Wildman–Crippen MR) is 83.7 cm³/mol. The maximum atomic E-state index is 13.1. The second kappa shape index (κ2) is 7.87. The van der Waals surface area contributed by atoms with Crippen LogP contribution < -0.4 is 0 Å². The van der Waals surface area contributed by atoms with Gasteiger partial charge in [0.1, 0.15) is 5.82 Å². The van der Waals surface area contributed by atoms with E-state index in [1.807, 2.05) is 0 Å². The molecule has 1 aromatic rings. The van der Waals surface area contributed by atoms with Crippen LogP contribution in [0.3, 0.4) is 0 Å². The zero-order valence-electron chi connectivity index (χ0n) is 13.1. The van der Waals surface area contributed by atoms with Crippen molar-refractivity contribution in [3.63, 3.8) is 0 Å². The summed E-state index contributed by atoms with van der Waals surface area (Å²) in [6.45, 7) is 9.69. The monoisotopic (exact) mass is 294 g/mol. The molecule has 0 amide bonds. The first-order valence-electron chi connectivity index (χ1n) is 8.00. The molecule has 1 aliphatic heterocycles. The summed E-state index contributed by atoms with van der Waals surface area (Å²) in [6, 6.07) is 6.92. The summed E-state index contributed by atoms with van der Waals surface area (Å²) in [6.07, 6.45) is 1.28. The number of piperazine rings is 1. The van der Waals surface area contributed by atoms with Crippen LogP contribution in [-0.2, 0) is 0 Å². The number of benzene rings is 1. The molecular formula is C17H27FN2O. The van der Waals surface area contributed by atoms with Gasteiger partial charge in [-0.1, -0.05) is 19.1 Å². The number of hydrogen-bond acceptors (Lipinski definition) is 3. The van der Waals surface area contributed by atoms with Crippen LogP contribution in [0, 0.1) is 5.82 Å². The highest BCUT2D eigenvalue weighted by molar-refractivity contribution is 5.18. The Labute approximate surface area is 127 Å². The Hall–Kier alpha value is -0.970. The fraction of sp³-hybridized carbons (Fsp3) is 0.647. The summed E-state index contributed by atoms with van der Waals surface area (Å²) < 4.78 is 13.1. The SMILES string of the molecule is CCC(C)N1CCN(CCC(O)c2cccc(F)c2)CC1. The Balaban J connectivity index is 1.74. The molecule has 0 spiro atoms. The minimum Gasteiger partial charge on any atom is -0.388 e. The van der Waals surface area contributed by atoms with Crippen LogP contribution >= 0.6 is 0 Å². The molecule has 1 aliphatic rings. The Morgan fingerprint density at radius 3 is 2.57 bits per heavy atom. The van der Waals surface area contributed by atoms with Gasteiger partial charge in [0.05, 0.1) is 6.10 Å². The first-order valence-corrected chi connectivity index (χ1v) is 8.00. The summed E-state index contributed by atoms with van der Waals surface area (Å²) in [4.78, 5) is 4.92. The van der Waals surface area contributed by atoms with Gasteiger partial charge in [0.2, 0.25) is 0 Å². The van der Waals surface area contributed by atoms with Gasteiger partial charge in [0, 0.05) is 38.8 Å². The van der Waals surface area contributed by atoms with Gasteiger partial charge in [-0.05, 0) is 37.5 Å². The largest absolute Gasteiger partial charge is 0.388 e. The Kier molecular flexibility index (Phi) is 6.15. The van der Waals surface area contributed by atoms with Crippen molar-refractivity contribution < 1.29 is 9.50 Å². The molecule has 1 heterocycles. The normalized spacial score (nSPS) is 20.4. The third-order valence-corrected chi connectivity index (χ3v) is 4.57. The van der Waals surface area contributed by atoms with E-state index in [4.69, 9.17) is 0 Å². The van der Waals surface area contributed by atoms with Crippen LogP contribution in [0.1, 0.15) is 38.4 Å². The molecule has 118 valence electrons. The van der Waals surface area contributed by atoms with Crippen molar-refractivity contribution in [2.24, 2.45) is 0 Å². The van der Waals surface area contributed by atoms with Crippen LogP contribution in [0.25, 0.3) is 0 Å². The number of aliphatic hydroxyl groups is 1. The summed E-state index contributed by atoms with van der Waals surface area (Å²) in [5.41, 5.74) is 0.674. The molecular weight excluding hydrogens is 267 g/mol. The molecule has 0 saturated carbocycles. The van der Waals surface area contributed by atoms with Gasteiger partial charge < -0.3 is 10.0 Å². The minimum atomic E-state index is -0.576. The highest BCUT2D eigenvalue weighted by Crippen LogP contribution is 2.18. The first kappa shape index (κ1) is 16.4. The third kappa shape index (κ3) is 4.77. The average Bonchev–Trinajstić information content (AvgIpc) is 2.52. The molecule has 0 aromatic heterocycles. The second-order valence-corrected chi connectivity index (χ2v) is 5.99. The van der Waals surface area contributed by atoms with E-state index < -0.39 is 6.10 Å². The Bertz CT molecular complexity index is 433. The zero-order chi connectivity index (χ0) is 15.2. The van der Waals surface area contributed by atoms with Gasteiger partial charge in [-0.2, -0.15) is 0 Å². The standard InChI is InChI=1S/C17H27FN2O/c1-3-14(2)20-11-9-19(10-12-20)8-7-17(21)15-5-4-6-16(18)13-15/h4-6,13-14,17,21H,3,7-12H2,1-2H3. The molecule has 0 radical (unpaired) electrons. The van der Waals surface area contributed by atoms with E-state index in [2.05, 4.69) is 23.6 Å². The molecule has 1 fully saturated rings. The molecule has 3 nitrogen and oxygen atoms in total. The average molecular weight is 294 g/mol. The number of aliphatic hydroxyl groups excluding tert-OH is 1. The zero-order valence-corrected chi connectivity index (χ0v) is 13.1. The van der Waals surface area contributed by atoms with E-state index in [9.17, 15) is 9.50 Å². The van der Waals surface area contributed by atoms with Gasteiger partial charge in [-0.15, -0.1) is 0 Å². The summed E-state index contributed by atoms with van der Waals surface area (Å²) in [5, 5.41) is 10.2. The van der Waals surface area contributed by atoms with Crippen LogP contribution in [0.4, 0.5) is 4.39 Å². The van der Waals surface area contributed by atoms with Gasteiger partial charge in [0.25, 0.3) is 0 Å². The van der Waals surface area contributed by atoms with Crippen LogP contribution in [0.5, 0.6) is 0 Å². The van der Waals surface area contributed by atoms with E-state index >= 15 is 0 Å². The lowest BCUT2D eigenvalue weighted by Gasteiger charge is -2.38. The fourth-order valence-corrected chi connectivity index (χ4v) is 2.87. The van der Waals surface area contributed by atoms with Gasteiger partial charge >= 0.3 is 0 Å². The lowest BCUT2D eigenvalue weighted by atomic mass is 10.1. The maximum Gasteiger partial charge on any atom is 0.123 e. The lowest BCUT2D eigenvalue weighted by molar-refractivity contribution is 0.0830. The van der Waals surface area contributed by atoms with E-state index in [0.29, 0.717) is 18.0 Å². The highest BCUT2D eigenvalue weighted by Gasteiger charge is 2.20. The molecule has 0 bridgehead atoms. The van der Waals surface area contributed by atoms with Crippen molar-refractivity contribution in [1.82, 2.24) is 9.80 Å². The van der Waals surface area contributed by atoms with E-state index in [1.165, 1.54) is 18.6 Å². The Morgan fingerprint density at radius 2 is 1.95 bits per heavy atom. The van der Waals surface area contributed by atoms with Gasteiger partial charge in [0.15, 0.2) is 0 Å². The molecule has 4 heteroatoms. The van der Waals surface area contributed by atoms with Crippen molar-refractivity contribution >= 4 is 0 Å². The number of halogens is 1. The summed E-state index contributed by atoms with van der Waals surface area (Å²) in [5.74, 6) is -0.284. The van der Waals surface area contributed by atoms with Crippen molar-refractivity contribution in [2.75, 3.05) is 32.7 Å². The first-order chi connectivity index (χ1) is 10.1. The molecule has 1 aromatic carbocycles. The second-order valence-electron chi connectivity index (χ2n) is 5.99. The van der Waals surface area contributed by atoms with Crippen LogP contribution in [0.15, 0.2) is 24.3 Å². The quantitative estimate of drug-likeness (QED) is 0.874. The number of nitrogens with zero attached hydrogens (tertiary/aromatic N) is 2. The molecule has 0 aliphatic carbocycles. The van der Waals surface area contributed by atoms with E-state index in [0.717, 1.165) is 32.7 Å². The molecule has 1 N–H and O–H groups in total. The molecule has 2 unspecified atom stereocenters. The van der Waals surface area contributed by atoms with Gasteiger partial charge in [-0.25, -0.2) is 4.39 Å². The van der Waals surface area contributed by atoms with Crippen molar-refractivity contribution in [3.8, 4) is 0 Å². The fourth-order valence-electron chi connectivity index (χ4n) is 2.87. The Morgan fingerprint density at radius 1 is 1.24 bits per heavy atom. The van der Waals surface area contributed by atoms with Crippen LogP contribution in [0.2, 0.25) is 0 Å². The number of hydrogen-bond donors (Lipinski definition) is 1. The minimum absolute atomic E-state index is 0.284. The highest BCUT2D eigenvalue weighted by atomic mass is 19.1. The lowest BCUT2D eigenvalue weighted by Crippen LogP contribution is -2.49. The predicted octanol–water partition coefficient (Wildman–Crippen LogP) is 2.67. The summed E-state index contributed by atoms with van der Waals surface area (Å²) in [7, 11) is 0. The van der Waals surface area contributed by atoms with Gasteiger partial charge in [-0.3, -0.25) is 4.90 Å². The van der Waals surface area contributed by atoms with E-state index in [1.54, 1.807) is 12.1 Å². The van der Waals surface area contributed by atoms with Crippen molar-refractivity contribution in [2.45, 2.75) is 38.8 Å². The number of rotatable bonds is 6. The van der Waals surface area contributed by atoms with Crippen LogP contribution in [-0.4, -0.2) is 53.7 Å².